The zero-order chi connectivity index (χ0) is 10.0. The first kappa shape index (κ1) is 9.50. The van der Waals surface area contributed by atoms with E-state index in [2.05, 4.69) is 0 Å². The highest BCUT2D eigenvalue weighted by Crippen LogP contribution is 2.03. The summed E-state index contributed by atoms with van der Waals surface area (Å²) in [7, 11) is 0. The van der Waals surface area contributed by atoms with Crippen LogP contribution in [-0.2, 0) is 9.59 Å². The van der Waals surface area contributed by atoms with Gasteiger partial charge >= 0.3 is 11.8 Å². The largest absolute Gasteiger partial charge is 0.846 e. The van der Waals surface area contributed by atoms with Gasteiger partial charge in [0.2, 0.25) is 0 Å². The van der Waals surface area contributed by atoms with E-state index in [-0.39, 0.29) is 6.54 Å². The van der Waals surface area contributed by atoms with Gasteiger partial charge in [-0.3, -0.25) is 19.9 Å². The summed E-state index contributed by atoms with van der Waals surface area (Å²) < 4.78 is 0. The minimum Gasteiger partial charge on any atom is -0.846 e. The number of nitrogens with one attached hydrogen (secondary N) is 1. The monoisotopic (exact) mass is 184 g/mol. The van der Waals surface area contributed by atoms with Crippen molar-refractivity contribution in [3.63, 3.8) is 0 Å². The van der Waals surface area contributed by atoms with Crippen LogP contribution in [-0.4, -0.2) is 47.3 Å². The molecule has 6 nitrogen and oxygen atoms in total. The summed E-state index contributed by atoms with van der Waals surface area (Å²) in [5.74, 6) is -1.59. The standard InChI is InChI=1S/C7H11N3O3/c1-2-9-3-4-10(7(8)13)6(12)5(9)11/h2-4H2,1H3,(H2,8,13)/p-1. The molecule has 0 bridgehead atoms. The highest BCUT2D eigenvalue weighted by atomic mass is 16.3. The number of amidine groups is 1. The minimum atomic E-state index is -1.12. The van der Waals surface area contributed by atoms with E-state index in [1.54, 1.807) is 6.92 Å². The Balaban J connectivity index is 2.76. The van der Waals surface area contributed by atoms with E-state index in [1.165, 1.54) is 4.90 Å². The van der Waals surface area contributed by atoms with Crippen LogP contribution in [0.3, 0.4) is 0 Å². The number of amides is 2. The lowest BCUT2D eigenvalue weighted by Crippen LogP contribution is -2.58. The molecule has 0 saturated carbocycles. The Morgan fingerprint density at radius 3 is 2.54 bits per heavy atom. The van der Waals surface area contributed by atoms with Gasteiger partial charge in [0.05, 0.1) is 6.02 Å². The van der Waals surface area contributed by atoms with Crippen molar-refractivity contribution >= 4 is 17.8 Å². The summed E-state index contributed by atoms with van der Waals surface area (Å²) in [5.41, 5.74) is 0. The lowest BCUT2D eigenvalue weighted by Gasteiger charge is -2.34. The third-order valence-electron chi connectivity index (χ3n) is 1.94. The van der Waals surface area contributed by atoms with Crippen LogP contribution in [0.5, 0.6) is 0 Å². The van der Waals surface area contributed by atoms with Crippen LogP contribution in [0.2, 0.25) is 0 Å². The third kappa shape index (κ3) is 1.61. The second-order valence-electron chi connectivity index (χ2n) is 2.65. The second kappa shape index (κ2) is 3.42. The summed E-state index contributed by atoms with van der Waals surface area (Å²) in [6.45, 7) is 2.65. The summed E-state index contributed by atoms with van der Waals surface area (Å²) >= 11 is 0. The van der Waals surface area contributed by atoms with Gasteiger partial charge in [0.25, 0.3) is 0 Å². The molecular formula is C7H10N3O3-. The molecule has 13 heavy (non-hydrogen) atoms. The molecule has 1 heterocycles. The van der Waals surface area contributed by atoms with Crippen LogP contribution in [0.4, 0.5) is 0 Å². The molecule has 1 fully saturated rings. The minimum absolute atomic E-state index is 0.126. The van der Waals surface area contributed by atoms with Crippen molar-refractivity contribution in [3.8, 4) is 0 Å². The molecule has 1 aliphatic rings. The molecule has 0 aromatic heterocycles. The predicted molar refractivity (Wildman–Crippen MR) is 41.7 cm³/mol. The fraction of sp³-hybridized carbons (Fsp3) is 0.571. The molecule has 0 unspecified atom stereocenters. The first-order valence-corrected chi connectivity index (χ1v) is 3.94. The third-order valence-corrected chi connectivity index (χ3v) is 1.94. The lowest BCUT2D eigenvalue weighted by molar-refractivity contribution is -0.237. The maximum atomic E-state index is 11.2. The van der Waals surface area contributed by atoms with E-state index in [1.807, 2.05) is 0 Å². The van der Waals surface area contributed by atoms with Crippen LogP contribution in [0.25, 0.3) is 0 Å². The van der Waals surface area contributed by atoms with E-state index < -0.39 is 17.8 Å². The highest BCUT2D eigenvalue weighted by Gasteiger charge is 2.31. The number of carbonyl (C=O) groups excluding carboxylic acids is 2. The van der Waals surface area contributed by atoms with Gasteiger partial charge in [-0.25, -0.2) is 0 Å². The summed E-state index contributed by atoms with van der Waals surface area (Å²) in [6, 6.07) is -1.12. The van der Waals surface area contributed by atoms with Gasteiger partial charge in [-0.05, 0) is 6.92 Å². The van der Waals surface area contributed by atoms with Crippen molar-refractivity contribution in [2.75, 3.05) is 19.6 Å². The molecule has 72 valence electrons. The number of rotatable bonds is 1. The van der Waals surface area contributed by atoms with Crippen LogP contribution < -0.4 is 5.11 Å². The number of hydrogen-bond donors (Lipinski definition) is 1. The predicted octanol–water partition coefficient (Wildman–Crippen LogP) is -2.03. The molecule has 6 heteroatoms. The van der Waals surface area contributed by atoms with Crippen molar-refractivity contribution < 1.29 is 14.7 Å². The number of carbonyl (C=O) groups is 2. The smallest absolute Gasteiger partial charge is 0.316 e. The summed E-state index contributed by atoms with van der Waals surface area (Å²) in [5, 5.41) is 17.3. The number of piperazine rings is 1. The molecule has 1 saturated heterocycles. The van der Waals surface area contributed by atoms with Gasteiger partial charge in [0.1, 0.15) is 0 Å². The van der Waals surface area contributed by atoms with Crippen LogP contribution in [0, 0.1) is 5.41 Å². The Morgan fingerprint density at radius 2 is 2.08 bits per heavy atom. The Morgan fingerprint density at radius 1 is 1.46 bits per heavy atom. The fourth-order valence-corrected chi connectivity index (χ4v) is 1.17. The van der Waals surface area contributed by atoms with E-state index in [0.717, 1.165) is 0 Å². The zero-order valence-corrected chi connectivity index (χ0v) is 7.24. The maximum absolute atomic E-state index is 11.2. The number of likely N-dealkylation sites (N-methyl/N-ethyl adjacent to an activating group) is 1. The highest BCUT2D eigenvalue weighted by molar-refractivity contribution is 6.37. The van der Waals surface area contributed by atoms with Crippen LogP contribution >= 0.6 is 0 Å². The Bertz CT molecular complexity index is 264. The molecule has 1 rings (SSSR count). The van der Waals surface area contributed by atoms with Crippen molar-refractivity contribution in [3.05, 3.63) is 0 Å². The summed E-state index contributed by atoms with van der Waals surface area (Å²) in [4.78, 5) is 24.3. The fourth-order valence-electron chi connectivity index (χ4n) is 1.17. The molecule has 0 aromatic rings. The van der Waals surface area contributed by atoms with E-state index in [9.17, 15) is 14.7 Å². The number of nitrogens with zero attached hydrogens (tertiary/aromatic N) is 2. The van der Waals surface area contributed by atoms with Gasteiger partial charge in [-0.15, -0.1) is 0 Å². The molecule has 0 aromatic carbocycles. The molecule has 0 radical (unpaired) electrons. The summed E-state index contributed by atoms with van der Waals surface area (Å²) in [6.07, 6.45) is 0. The maximum Gasteiger partial charge on any atom is 0.316 e. The van der Waals surface area contributed by atoms with Crippen molar-refractivity contribution in [1.29, 1.82) is 5.41 Å². The molecule has 0 spiro atoms. The van der Waals surface area contributed by atoms with Gasteiger partial charge in [-0.1, -0.05) is 0 Å². The van der Waals surface area contributed by atoms with E-state index in [0.29, 0.717) is 18.0 Å². The van der Waals surface area contributed by atoms with Crippen LogP contribution in [0.15, 0.2) is 0 Å². The molecule has 1 aliphatic heterocycles. The number of hydrogen-bond acceptors (Lipinski definition) is 4. The lowest BCUT2D eigenvalue weighted by atomic mass is 10.3. The first-order valence-electron chi connectivity index (χ1n) is 3.94. The Hall–Kier alpha value is -1.59. The first-order chi connectivity index (χ1) is 6.07. The Kier molecular flexibility index (Phi) is 2.50. The average molecular weight is 184 g/mol. The zero-order valence-electron chi connectivity index (χ0n) is 7.24. The second-order valence-corrected chi connectivity index (χ2v) is 2.65. The normalized spacial score (nSPS) is 17.9. The van der Waals surface area contributed by atoms with Gasteiger partial charge in [0, 0.05) is 19.6 Å². The van der Waals surface area contributed by atoms with Gasteiger partial charge in [0.15, 0.2) is 0 Å². The average Bonchev–Trinajstić information content (AvgIpc) is 2.09. The topological polar surface area (TPSA) is 87.5 Å². The van der Waals surface area contributed by atoms with Crippen molar-refractivity contribution in [2.24, 2.45) is 0 Å². The molecular weight excluding hydrogens is 174 g/mol. The van der Waals surface area contributed by atoms with Gasteiger partial charge < -0.3 is 10.0 Å². The van der Waals surface area contributed by atoms with Crippen molar-refractivity contribution in [1.82, 2.24) is 9.80 Å². The Labute approximate surface area is 75.2 Å². The quantitative estimate of drug-likeness (QED) is 0.289. The molecule has 0 aliphatic carbocycles. The van der Waals surface area contributed by atoms with E-state index >= 15 is 0 Å². The van der Waals surface area contributed by atoms with Crippen molar-refractivity contribution in [2.45, 2.75) is 6.92 Å². The van der Waals surface area contributed by atoms with Gasteiger partial charge in [-0.2, -0.15) is 0 Å². The van der Waals surface area contributed by atoms with E-state index in [4.69, 9.17) is 5.41 Å². The van der Waals surface area contributed by atoms with Crippen LogP contribution in [0.1, 0.15) is 6.92 Å². The SMILES string of the molecule is CCN1CCN(C(=N)[O-])C(=O)C1=O. The molecule has 0 atom stereocenters. The molecule has 1 N–H and O–H groups in total. The molecule has 2 amide bonds.